The van der Waals surface area contributed by atoms with Crippen molar-refractivity contribution < 1.29 is 18.7 Å². The number of fused-ring (bicyclic) bond motifs is 1. The Hall–Kier alpha value is -4.47. The smallest absolute Gasteiger partial charge is 0.339 e. The summed E-state index contributed by atoms with van der Waals surface area (Å²) in [6, 6.07) is 13.9. The van der Waals surface area contributed by atoms with E-state index < -0.39 is 5.97 Å². The van der Waals surface area contributed by atoms with E-state index in [0.717, 1.165) is 5.82 Å². The molecule has 1 aliphatic rings. The summed E-state index contributed by atoms with van der Waals surface area (Å²) in [4.78, 5) is 39.2. The molecule has 34 heavy (non-hydrogen) atoms. The molecule has 0 unspecified atom stereocenters. The largest absolute Gasteiger partial charge is 0.462 e. The number of amides is 2. The van der Waals surface area contributed by atoms with E-state index >= 15 is 0 Å². The van der Waals surface area contributed by atoms with E-state index in [2.05, 4.69) is 25.6 Å². The summed E-state index contributed by atoms with van der Waals surface area (Å²) in [7, 11) is 0. The van der Waals surface area contributed by atoms with E-state index in [-0.39, 0.29) is 12.1 Å². The molecule has 0 saturated carbocycles. The van der Waals surface area contributed by atoms with Crippen LogP contribution in [0.3, 0.4) is 0 Å². The lowest BCUT2D eigenvalue weighted by molar-refractivity contribution is 0.0526. The number of benzene rings is 1. The Balaban J connectivity index is 1.14. The fourth-order valence-corrected chi connectivity index (χ4v) is 3.62. The van der Waals surface area contributed by atoms with Crippen LogP contribution in [0.4, 0.5) is 16.3 Å². The summed E-state index contributed by atoms with van der Waals surface area (Å²) in [5.74, 6) is 0.777. The molecule has 2 N–H and O–H groups in total. The minimum absolute atomic E-state index is 0.0173. The summed E-state index contributed by atoms with van der Waals surface area (Å²) in [6.45, 7) is 3.32. The lowest BCUT2D eigenvalue weighted by Crippen LogP contribution is -2.60. The second-order valence-electron chi connectivity index (χ2n) is 7.74. The van der Waals surface area contributed by atoms with Gasteiger partial charge in [-0.15, -0.1) is 0 Å². The average Bonchev–Trinajstić information content (AvgIpc) is 3.25. The van der Waals surface area contributed by atoms with Crippen molar-refractivity contribution in [2.45, 2.75) is 13.0 Å². The molecule has 2 amide bonds. The molecule has 0 spiro atoms. The lowest BCUT2D eigenvalue weighted by atomic mass is 10.1. The highest BCUT2D eigenvalue weighted by atomic mass is 16.5. The molecule has 1 fully saturated rings. The summed E-state index contributed by atoms with van der Waals surface area (Å²) in [5.41, 5.74) is 2.90. The van der Waals surface area contributed by atoms with Crippen molar-refractivity contribution in [2.75, 3.05) is 29.9 Å². The number of anilines is 2. The minimum atomic E-state index is -0.391. The number of carbonyl (C=O) groups excluding carboxylic acids is 2. The molecule has 172 valence electrons. The third kappa shape index (κ3) is 4.51. The van der Waals surface area contributed by atoms with Gasteiger partial charge in [0.15, 0.2) is 5.58 Å². The molecular weight excluding hydrogens is 436 g/mol. The maximum Gasteiger partial charge on any atom is 0.339 e. The zero-order valence-electron chi connectivity index (χ0n) is 18.4. The zero-order valence-corrected chi connectivity index (χ0v) is 18.4. The first-order valence-corrected chi connectivity index (χ1v) is 10.9. The van der Waals surface area contributed by atoms with E-state index in [1.807, 2.05) is 23.1 Å². The molecule has 0 bridgehead atoms. The van der Waals surface area contributed by atoms with Crippen molar-refractivity contribution in [2.24, 2.45) is 0 Å². The van der Waals surface area contributed by atoms with Gasteiger partial charge in [0.1, 0.15) is 17.0 Å². The molecule has 0 aliphatic carbocycles. The van der Waals surface area contributed by atoms with Gasteiger partial charge in [-0.3, -0.25) is 4.98 Å². The molecule has 0 atom stereocenters. The third-order valence-electron chi connectivity index (χ3n) is 5.33. The van der Waals surface area contributed by atoms with Crippen LogP contribution >= 0.6 is 0 Å². The molecule has 10 nitrogen and oxygen atoms in total. The highest BCUT2D eigenvalue weighted by Crippen LogP contribution is 2.25. The fraction of sp³-hybridized carbons (Fsp3) is 0.208. The van der Waals surface area contributed by atoms with Crippen LogP contribution in [0.15, 0.2) is 65.3 Å². The standard InChI is InChI=1S/C24H22N6O4/c1-2-33-23(31)15-6-9-21(26-12-15)30-13-17(14-30)28-24(32)27-16-7-8-18-20(11-16)34-22(29-18)19-5-3-4-10-25-19/h3-12,17H,2,13-14H2,1H3,(H2,27,28,32). The number of pyridine rings is 2. The summed E-state index contributed by atoms with van der Waals surface area (Å²) >= 11 is 0. The Labute approximate surface area is 195 Å². The number of hydrogen-bond donors (Lipinski definition) is 2. The molecule has 4 aromatic rings. The maximum atomic E-state index is 12.4. The summed E-state index contributed by atoms with van der Waals surface area (Å²) in [5, 5.41) is 5.77. The molecule has 4 heterocycles. The van der Waals surface area contributed by atoms with Gasteiger partial charge in [0.25, 0.3) is 0 Å². The number of hydrogen-bond acceptors (Lipinski definition) is 8. The number of aromatic nitrogens is 3. The summed E-state index contributed by atoms with van der Waals surface area (Å²) < 4.78 is 10.8. The quantitative estimate of drug-likeness (QED) is 0.421. The minimum Gasteiger partial charge on any atom is -0.462 e. The normalized spacial score (nSPS) is 13.4. The molecular formula is C24H22N6O4. The van der Waals surface area contributed by atoms with Gasteiger partial charge in [-0.05, 0) is 43.3 Å². The fourth-order valence-electron chi connectivity index (χ4n) is 3.62. The molecule has 10 heteroatoms. The van der Waals surface area contributed by atoms with E-state index in [1.54, 1.807) is 43.5 Å². The second-order valence-corrected chi connectivity index (χ2v) is 7.74. The van der Waals surface area contributed by atoms with Crippen molar-refractivity contribution in [1.82, 2.24) is 20.3 Å². The highest BCUT2D eigenvalue weighted by molar-refractivity contribution is 5.92. The molecule has 5 rings (SSSR count). The first kappa shape index (κ1) is 21.4. The molecule has 1 aliphatic heterocycles. The molecule has 1 saturated heterocycles. The van der Waals surface area contributed by atoms with E-state index in [1.165, 1.54) is 6.20 Å². The van der Waals surface area contributed by atoms with E-state index in [9.17, 15) is 9.59 Å². The van der Waals surface area contributed by atoms with Crippen molar-refractivity contribution in [3.05, 3.63) is 66.5 Å². The zero-order chi connectivity index (χ0) is 23.5. The maximum absolute atomic E-state index is 12.4. The summed E-state index contributed by atoms with van der Waals surface area (Å²) in [6.07, 6.45) is 3.18. The van der Waals surface area contributed by atoms with Gasteiger partial charge >= 0.3 is 12.0 Å². The van der Waals surface area contributed by atoms with Crippen molar-refractivity contribution >= 4 is 34.6 Å². The number of rotatable bonds is 6. The van der Waals surface area contributed by atoms with Gasteiger partial charge < -0.3 is 24.7 Å². The monoisotopic (exact) mass is 458 g/mol. The SMILES string of the molecule is CCOC(=O)c1ccc(N2CC(NC(=O)Nc3ccc4nc(-c5ccccn5)oc4c3)C2)nc1. The first-order chi connectivity index (χ1) is 16.6. The van der Waals surface area contributed by atoms with Crippen LogP contribution in [-0.4, -0.2) is 52.7 Å². The second kappa shape index (κ2) is 9.18. The number of nitrogens with zero attached hydrogens (tertiary/aromatic N) is 4. The van der Waals surface area contributed by atoms with Gasteiger partial charge in [0.2, 0.25) is 5.89 Å². The Morgan fingerprint density at radius 1 is 1.15 bits per heavy atom. The average molecular weight is 458 g/mol. The van der Waals surface area contributed by atoms with Gasteiger partial charge in [-0.25, -0.2) is 19.6 Å². The third-order valence-corrected chi connectivity index (χ3v) is 5.33. The number of esters is 1. The Morgan fingerprint density at radius 2 is 2.03 bits per heavy atom. The Kier molecular flexibility index (Phi) is 5.77. The van der Waals surface area contributed by atoms with E-state index in [0.29, 0.717) is 53.6 Å². The van der Waals surface area contributed by atoms with Crippen LogP contribution in [0.1, 0.15) is 17.3 Å². The predicted molar refractivity (Wildman–Crippen MR) is 126 cm³/mol. The Bertz CT molecular complexity index is 1320. The van der Waals surface area contributed by atoms with Crippen molar-refractivity contribution in [1.29, 1.82) is 0 Å². The highest BCUT2D eigenvalue weighted by Gasteiger charge is 2.29. The van der Waals surface area contributed by atoms with E-state index in [4.69, 9.17) is 9.15 Å². The van der Waals surface area contributed by atoms with Gasteiger partial charge in [0.05, 0.1) is 18.2 Å². The van der Waals surface area contributed by atoms with Crippen LogP contribution in [0.5, 0.6) is 0 Å². The number of carbonyl (C=O) groups is 2. The number of urea groups is 1. The molecule has 3 aromatic heterocycles. The first-order valence-electron chi connectivity index (χ1n) is 10.9. The molecule has 0 radical (unpaired) electrons. The number of nitrogens with one attached hydrogen (secondary N) is 2. The van der Waals surface area contributed by atoms with Gasteiger partial charge in [-0.2, -0.15) is 0 Å². The predicted octanol–water partition coefficient (Wildman–Crippen LogP) is 3.47. The topological polar surface area (TPSA) is 122 Å². The van der Waals surface area contributed by atoms with Crippen LogP contribution < -0.4 is 15.5 Å². The van der Waals surface area contributed by atoms with Crippen LogP contribution in [-0.2, 0) is 4.74 Å². The number of ether oxygens (including phenoxy) is 1. The molecule has 1 aromatic carbocycles. The Morgan fingerprint density at radius 3 is 2.76 bits per heavy atom. The van der Waals surface area contributed by atoms with Gasteiger partial charge in [-0.1, -0.05) is 6.07 Å². The van der Waals surface area contributed by atoms with Crippen LogP contribution in [0.25, 0.3) is 22.7 Å². The van der Waals surface area contributed by atoms with Crippen LogP contribution in [0.2, 0.25) is 0 Å². The van der Waals surface area contributed by atoms with Crippen molar-refractivity contribution in [3.63, 3.8) is 0 Å². The number of oxazole rings is 1. The van der Waals surface area contributed by atoms with Crippen molar-refractivity contribution in [3.8, 4) is 11.6 Å². The van der Waals surface area contributed by atoms with Crippen LogP contribution in [0, 0.1) is 0 Å². The van der Waals surface area contributed by atoms with Gasteiger partial charge in [0, 0.05) is 37.2 Å². The lowest BCUT2D eigenvalue weighted by Gasteiger charge is -2.40.